The Morgan fingerprint density at radius 2 is 1.84 bits per heavy atom. The maximum absolute atomic E-state index is 6.89. The number of aryl methyl sites for hydroxylation is 2. The zero-order chi connectivity index (χ0) is 22.9. The van der Waals surface area contributed by atoms with Gasteiger partial charge in [-0.05, 0) is 71.5 Å². The normalized spacial score (nSPS) is 13.2. The van der Waals surface area contributed by atoms with E-state index in [1.54, 1.807) is 0 Å². The van der Waals surface area contributed by atoms with Crippen LogP contribution in [0, 0.1) is 25.2 Å². The topological polar surface area (TPSA) is 13.1 Å². The lowest BCUT2D eigenvalue weighted by Gasteiger charge is -2.27. The molecule has 1 aliphatic rings. The van der Waals surface area contributed by atoms with E-state index < -0.39 is 0 Å². The van der Waals surface area contributed by atoms with Crippen molar-refractivity contribution in [3.8, 4) is 22.8 Å². The van der Waals surface area contributed by atoms with Gasteiger partial charge in [0.25, 0.3) is 5.69 Å². The monoisotopic (exact) mass is 444 g/mol. The van der Waals surface area contributed by atoms with Gasteiger partial charge < -0.3 is 4.74 Å². The molecular formula is C29H34NOS+. The van der Waals surface area contributed by atoms with Gasteiger partial charge in [-0.1, -0.05) is 46.8 Å². The van der Waals surface area contributed by atoms with E-state index in [0.29, 0.717) is 5.92 Å². The van der Waals surface area contributed by atoms with Gasteiger partial charge in [-0.3, -0.25) is 0 Å². The number of rotatable bonds is 3. The predicted octanol–water partition coefficient (Wildman–Crippen LogP) is 8.06. The molecule has 3 heterocycles. The number of thiophene rings is 1. The summed E-state index contributed by atoms with van der Waals surface area (Å²) in [5.41, 5.74) is 9.45. The fourth-order valence-corrected chi connectivity index (χ4v) is 6.24. The van der Waals surface area contributed by atoms with Gasteiger partial charge >= 0.3 is 0 Å². The van der Waals surface area contributed by atoms with Crippen LogP contribution in [0.2, 0.25) is 0 Å². The van der Waals surface area contributed by atoms with Gasteiger partial charge in [-0.15, -0.1) is 11.3 Å². The van der Waals surface area contributed by atoms with Crippen molar-refractivity contribution in [2.24, 2.45) is 18.4 Å². The van der Waals surface area contributed by atoms with Gasteiger partial charge in [0.05, 0.1) is 5.56 Å². The van der Waals surface area contributed by atoms with Crippen molar-refractivity contribution in [2.75, 3.05) is 0 Å². The highest BCUT2D eigenvalue weighted by molar-refractivity contribution is 7.17. The first kappa shape index (κ1) is 21.5. The number of hydrogen-bond acceptors (Lipinski definition) is 2. The molecule has 0 fully saturated rings. The van der Waals surface area contributed by atoms with Crippen molar-refractivity contribution in [1.82, 2.24) is 0 Å². The number of hydrogen-bond donors (Lipinski definition) is 0. The first-order chi connectivity index (χ1) is 15.0. The Labute approximate surface area is 195 Å². The van der Waals surface area contributed by atoms with Crippen LogP contribution >= 0.6 is 11.3 Å². The van der Waals surface area contributed by atoms with E-state index in [9.17, 15) is 0 Å². The second kappa shape index (κ2) is 7.31. The van der Waals surface area contributed by atoms with E-state index in [1.807, 2.05) is 11.3 Å². The summed E-state index contributed by atoms with van der Waals surface area (Å²) in [4.78, 5) is 0. The van der Waals surface area contributed by atoms with Crippen LogP contribution in [0.1, 0.15) is 56.9 Å². The Morgan fingerprint density at radius 1 is 1.09 bits per heavy atom. The van der Waals surface area contributed by atoms with Crippen LogP contribution in [0.4, 0.5) is 0 Å². The molecule has 0 aliphatic carbocycles. The average molecular weight is 445 g/mol. The predicted molar refractivity (Wildman–Crippen MR) is 137 cm³/mol. The van der Waals surface area contributed by atoms with Crippen molar-refractivity contribution >= 4 is 32.3 Å². The number of pyridine rings is 1. The molecule has 166 valence electrons. The highest BCUT2D eigenvalue weighted by atomic mass is 32.1. The Morgan fingerprint density at radius 3 is 2.53 bits per heavy atom. The Bertz CT molecular complexity index is 1380. The molecule has 0 saturated heterocycles. The molecule has 0 spiro atoms. The smallest absolute Gasteiger partial charge is 0.257 e. The van der Waals surface area contributed by atoms with Gasteiger partial charge in [-0.2, -0.15) is 4.57 Å². The minimum absolute atomic E-state index is 0.171. The molecule has 0 bridgehead atoms. The lowest BCUT2D eigenvalue weighted by Crippen LogP contribution is -2.34. The molecule has 0 N–H and O–H groups in total. The summed E-state index contributed by atoms with van der Waals surface area (Å²) in [5.74, 6) is 2.69. The molecule has 0 saturated carbocycles. The van der Waals surface area contributed by atoms with Gasteiger partial charge in [0.2, 0.25) is 11.3 Å². The quantitative estimate of drug-likeness (QED) is 0.257. The summed E-state index contributed by atoms with van der Waals surface area (Å²) < 4.78 is 10.6. The maximum atomic E-state index is 6.89. The van der Waals surface area contributed by atoms with E-state index >= 15 is 0 Å². The van der Waals surface area contributed by atoms with Crippen molar-refractivity contribution in [1.29, 1.82) is 0 Å². The molecule has 4 aromatic rings. The minimum Gasteiger partial charge on any atom is -0.449 e. The third kappa shape index (κ3) is 3.33. The second-order valence-corrected chi connectivity index (χ2v) is 12.1. The van der Waals surface area contributed by atoms with Gasteiger partial charge in [0.15, 0.2) is 0 Å². The standard InChI is InChI=1S/C29H34NOS/c1-16(2)11-19-13-20-12-17(3)18(4)24-25(20)23(14-19)31-27-21(15-29(5,6)7)28-22(9-10-32-28)30(8)26(24)27/h9-10,12-14,16H,11,15H2,1-8H3/q+1. The number of nitrogens with zero attached hydrogens (tertiary/aromatic N) is 1. The van der Waals surface area contributed by atoms with Crippen LogP contribution in [0.3, 0.4) is 0 Å². The van der Waals surface area contributed by atoms with Crippen LogP contribution in [-0.2, 0) is 19.9 Å². The third-order valence-electron chi connectivity index (χ3n) is 6.69. The first-order valence-corrected chi connectivity index (χ1v) is 12.6. The van der Waals surface area contributed by atoms with Crippen LogP contribution in [-0.4, -0.2) is 0 Å². The van der Waals surface area contributed by atoms with E-state index in [0.717, 1.165) is 24.3 Å². The second-order valence-electron chi connectivity index (χ2n) is 11.2. The van der Waals surface area contributed by atoms with E-state index in [1.165, 1.54) is 54.5 Å². The van der Waals surface area contributed by atoms with Crippen molar-refractivity contribution in [3.05, 3.63) is 51.9 Å². The molecule has 32 heavy (non-hydrogen) atoms. The number of fused-ring (bicyclic) bond motifs is 3. The fourth-order valence-electron chi connectivity index (χ4n) is 5.27. The molecule has 3 heteroatoms. The molecule has 0 unspecified atom stereocenters. The molecule has 1 aliphatic heterocycles. The maximum Gasteiger partial charge on any atom is 0.257 e. The van der Waals surface area contributed by atoms with Crippen molar-refractivity contribution < 1.29 is 9.30 Å². The van der Waals surface area contributed by atoms with Gasteiger partial charge in [0, 0.05) is 17.0 Å². The third-order valence-corrected chi connectivity index (χ3v) is 7.65. The van der Waals surface area contributed by atoms with Crippen LogP contribution in [0.15, 0.2) is 29.6 Å². The number of ether oxygens (including phenoxy) is 1. The zero-order valence-electron chi connectivity index (χ0n) is 20.6. The highest BCUT2D eigenvalue weighted by Crippen LogP contribution is 2.51. The minimum atomic E-state index is 0.171. The van der Waals surface area contributed by atoms with Gasteiger partial charge in [0.1, 0.15) is 17.5 Å². The molecule has 2 aromatic heterocycles. The Hall–Kier alpha value is -2.39. The lowest BCUT2D eigenvalue weighted by molar-refractivity contribution is -0.633. The van der Waals surface area contributed by atoms with Crippen LogP contribution in [0.25, 0.3) is 32.2 Å². The summed E-state index contributed by atoms with van der Waals surface area (Å²) in [6.45, 7) is 16.0. The van der Waals surface area contributed by atoms with Crippen molar-refractivity contribution in [2.45, 2.75) is 61.3 Å². The average Bonchev–Trinajstić information content (AvgIpc) is 3.17. The summed E-state index contributed by atoms with van der Waals surface area (Å²) in [5, 5.41) is 4.78. The molecule has 2 aromatic carbocycles. The summed E-state index contributed by atoms with van der Waals surface area (Å²) in [6, 6.07) is 9.27. The van der Waals surface area contributed by atoms with Crippen LogP contribution in [0.5, 0.6) is 11.5 Å². The highest BCUT2D eigenvalue weighted by Gasteiger charge is 2.36. The summed E-state index contributed by atoms with van der Waals surface area (Å²) >= 11 is 1.83. The summed E-state index contributed by atoms with van der Waals surface area (Å²) in [7, 11) is 2.20. The molecule has 2 nitrogen and oxygen atoms in total. The number of aromatic nitrogens is 1. The van der Waals surface area contributed by atoms with Gasteiger partial charge in [-0.25, -0.2) is 0 Å². The lowest BCUT2D eigenvalue weighted by atomic mass is 9.84. The Kier molecular flexibility index (Phi) is 4.90. The Balaban J connectivity index is 1.92. The molecule has 5 rings (SSSR count). The molecule has 0 atom stereocenters. The van der Waals surface area contributed by atoms with E-state index in [-0.39, 0.29) is 5.41 Å². The van der Waals surface area contributed by atoms with Crippen molar-refractivity contribution in [3.63, 3.8) is 0 Å². The largest absolute Gasteiger partial charge is 0.449 e. The van der Waals surface area contributed by atoms with Crippen LogP contribution < -0.4 is 9.30 Å². The zero-order valence-corrected chi connectivity index (χ0v) is 21.5. The molecular weight excluding hydrogens is 410 g/mol. The summed E-state index contributed by atoms with van der Waals surface area (Å²) in [6.07, 6.45) is 2.05. The SMILES string of the molecule is Cc1cc2cc(CC(C)C)cc3c2c(c1C)-c1c(c(CC(C)(C)C)c2sccc2[n+]1C)O3. The molecule has 0 amide bonds. The van der Waals surface area contributed by atoms with E-state index in [2.05, 4.69) is 89.7 Å². The van der Waals surface area contributed by atoms with E-state index in [4.69, 9.17) is 4.74 Å². The fraction of sp³-hybridized carbons (Fsp3) is 0.414. The molecule has 0 radical (unpaired) electrons. The number of benzene rings is 2. The first-order valence-electron chi connectivity index (χ1n) is 11.7.